The molecule has 132 valence electrons. The van der Waals surface area contributed by atoms with Gasteiger partial charge in [0.05, 0.1) is 19.5 Å². The summed E-state index contributed by atoms with van der Waals surface area (Å²) in [6, 6.07) is 12.4. The molecule has 0 saturated carbocycles. The second-order valence-corrected chi connectivity index (χ2v) is 7.41. The van der Waals surface area contributed by atoms with E-state index >= 15 is 0 Å². The zero-order valence-electron chi connectivity index (χ0n) is 15.0. The Morgan fingerprint density at radius 2 is 2.08 bits per heavy atom. The lowest BCUT2D eigenvalue weighted by molar-refractivity contribution is -0.676. The van der Waals surface area contributed by atoms with Gasteiger partial charge in [-0.1, -0.05) is 31.5 Å². The smallest absolute Gasteiger partial charge is 0.251 e. The van der Waals surface area contributed by atoms with Gasteiger partial charge < -0.3 is 4.90 Å². The maximum Gasteiger partial charge on any atom is 0.251 e. The third-order valence-corrected chi connectivity index (χ3v) is 5.39. The lowest BCUT2D eigenvalue weighted by Crippen LogP contribution is -2.40. The second-order valence-electron chi connectivity index (χ2n) is 6.38. The molecule has 0 aliphatic carbocycles. The summed E-state index contributed by atoms with van der Waals surface area (Å²) in [5, 5.41) is 2.07. The largest absolute Gasteiger partial charge is 0.337 e. The average molecular weight is 357 g/mol. The first-order valence-electron chi connectivity index (χ1n) is 8.96. The van der Waals surface area contributed by atoms with Crippen LogP contribution in [0.15, 0.2) is 41.8 Å². The van der Waals surface area contributed by atoms with Crippen LogP contribution < -0.4 is 4.57 Å². The maximum absolute atomic E-state index is 12.8. The number of unbranched alkanes of at least 4 members (excludes halogenated alkanes) is 1. The van der Waals surface area contributed by atoms with Gasteiger partial charge in [0.2, 0.25) is 5.91 Å². The predicted molar refractivity (Wildman–Crippen MR) is 102 cm³/mol. The van der Waals surface area contributed by atoms with Crippen molar-refractivity contribution in [1.29, 1.82) is 0 Å². The van der Waals surface area contributed by atoms with E-state index in [1.54, 1.807) is 11.3 Å². The van der Waals surface area contributed by atoms with Crippen molar-refractivity contribution in [2.45, 2.75) is 46.2 Å². The van der Waals surface area contributed by atoms with Crippen molar-refractivity contribution in [3.63, 3.8) is 0 Å². The van der Waals surface area contributed by atoms with Crippen LogP contribution >= 0.6 is 11.3 Å². The molecule has 3 aromatic rings. The number of carbonyl (C=O) groups is 1. The van der Waals surface area contributed by atoms with Crippen molar-refractivity contribution in [2.75, 3.05) is 6.54 Å². The highest BCUT2D eigenvalue weighted by Gasteiger charge is 2.19. The van der Waals surface area contributed by atoms with Gasteiger partial charge in [-0.3, -0.25) is 4.79 Å². The Balaban J connectivity index is 1.68. The number of imidazole rings is 1. The Hall–Kier alpha value is -2.14. The standard InChI is InChI=1S/C20H25N3OS/c1-3-4-12-22(15-17-8-7-14-25-17)20(24)11-13-23-16(2)21-18-9-5-6-10-19(18)23/h5-10,14H,3-4,11-13,15H2,1-2H3/p+1. The van der Waals surface area contributed by atoms with Gasteiger partial charge in [-0.15, -0.1) is 11.3 Å². The van der Waals surface area contributed by atoms with Gasteiger partial charge in [-0.2, -0.15) is 0 Å². The Morgan fingerprint density at radius 3 is 2.84 bits per heavy atom. The van der Waals surface area contributed by atoms with E-state index in [-0.39, 0.29) is 5.91 Å². The predicted octanol–water partition coefficient (Wildman–Crippen LogP) is 4.04. The van der Waals surface area contributed by atoms with Gasteiger partial charge in [-0.25, -0.2) is 9.55 Å². The zero-order valence-corrected chi connectivity index (χ0v) is 15.8. The molecule has 0 radical (unpaired) electrons. The molecule has 0 atom stereocenters. The number of hydrogen-bond donors (Lipinski definition) is 1. The minimum Gasteiger partial charge on any atom is -0.337 e. The van der Waals surface area contributed by atoms with Gasteiger partial charge in [0.25, 0.3) is 5.82 Å². The van der Waals surface area contributed by atoms with Gasteiger partial charge >= 0.3 is 0 Å². The van der Waals surface area contributed by atoms with Crippen LogP contribution in [0.3, 0.4) is 0 Å². The molecule has 0 aliphatic heterocycles. The molecule has 1 aromatic carbocycles. The first-order chi connectivity index (χ1) is 12.2. The van der Waals surface area contributed by atoms with Crippen molar-refractivity contribution < 1.29 is 9.36 Å². The number of para-hydroxylation sites is 2. The van der Waals surface area contributed by atoms with Crippen LogP contribution in [0.25, 0.3) is 11.0 Å². The van der Waals surface area contributed by atoms with Gasteiger partial charge in [-0.05, 0) is 30.0 Å². The molecule has 5 heteroatoms. The van der Waals surface area contributed by atoms with E-state index in [1.807, 2.05) is 23.1 Å². The number of aromatic amines is 1. The minimum absolute atomic E-state index is 0.235. The number of thiophene rings is 1. The van der Waals surface area contributed by atoms with Crippen molar-refractivity contribution in [2.24, 2.45) is 0 Å². The molecule has 1 amide bonds. The number of aryl methyl sites for hydroxylation is 2. The van der Waals surface area contributed by atoms with Crippen LogP contribution in [0.5, 0.6) is 0 Å². The number of carbonyl (C=O) groups excluding carboxylic acids is 1. The summed E-state index contributed by atoms with van der Waals surface area (Å²) in [5.41, 5.74) is 2.28. The molecule has 0 aliphatic rings. The van der Waals surface area contributed by atoms with Gasteiger partial charge in [0, 0.05) is 18.3 Å². The highest BCUT2D eigenvalue weighted by atomic mass is 32.1. The molecule has 1 N–H and O–H groups in total. The van der Waals surface area contributed by atoms with Gasteiger partial charge in [0.1, 0.15) is 0 Å². The van der Waals surface area contributed by atoms with E-state index < -0.39 is 0 Å². The number of nitrogens with one attached hydrogen (secondary N) is 1. The Morgan fingerprint density at radius 1 is 1.24 bits per heavy atom. The average Bonchev–Trinajstić information content (AvgIpc) is 3.23. The molecule has 4 nitrogen and oxygen atoms in total. The highest BCUT2D eigenvalue weighted by Crippen LogP contribution is 2.14. The Labute approximate surface area is 153 Å². The molecule has 0 fully saturated rings. The number of nitrogens with zero attached hydrogens (tertiary/aromatic N) is 2. The summed E-state index contributed by atoms with van der Waals surface area (Å²) in [5.74, 6) is 1.33. The van der Waals surface area contributed by atoms with Crippen LogP contribution in [-0.4, -0.2) is 22.3 Å². The van der Waals surface area contributed by atoms with Gasteiger partial charge in [0.15, 0.2) is 11.0 Å². The van der Waals surface area contributed by atoms with Crippen molar-refractivity contribution in [3.05, 3.63) is 52.5 Å². The van der Waals surface area contributed by atoms with E-state index in [0.29, 0.717) is 13.0 Å². The Kier molecular flexibility index (Phi) is 5.87. The van der Waals surface area contributed by atoms with Crippen LogP contribution in [0.4, 0.5) is 0 Å². The molecule has 0 bridgehead atoms. The molecular weight excluding hydrogens is 330 g/mol. The van der Waals surface area contributed by atoms with Crippen molar-refractivity contribution in [3.8, 4) is 0 Å². The van der Waals surface area contributed by atoms with Crippen LogP contribution in [0.2, 0.25) is 0 Å². The number of fused-ring (bicyclic) bond motifs is 1. The SMILES string of the molecule is CCCCN(Cc1cccs1)C(=O)CC[n+]1c(C)[nH]c2ccccc21. The van der Waals surface area contributed by atoms with E-state index in [9.17, 15) is 4.79 Å². The summed E-state index contributed by atoms with van der Waals surface area (Å²) in [7, 11) is 0. The quantitative estimate of drug-likeness (QED) is 0.608. The number of H-pyrrole nitrogens is 1. The zero-order chi connectivity index (χ0) is 17.6. The Bertz CT molecular complexity index is 823. The number of benzene rings is 1. The van der Waals surface area contributed by atoms with Crippen LogP contribution in [-0.2, 0) is 17.9 Å². The van der Waals surface area contributed by atoms with E-state index in [1.165, 1.54) is 4.88 Å². The number of aromatic nitrogens is 2. The lowest BCUT2D eigenvalue weighted by atomic mass is 10.2. The monoisotopic (exact) mass is 356 g/mol. The van der Waals surface area contributed by atoms with E-state index in [2.05, 4.69) is 47.0 Å². The number of rotatable bonds is 8. The fourth-order valence-corrected chi connectivity index (χ4v) is 3.86. The first-order valence-corrected chi connectivity index (χ1v) is 9.84. The summed E-state index contributed by atoms with van der Waals surface area (Å²) in [6.45, 7) is 6.50. The summed E-state index contributed by atoms with van der Waals surface area (Å²) >= 11 is 1.72. The second kappa shape index (κ2) is 8.30. The maximum atomic E-state index is 12.8. The summed E-state index contributed by atoms with van der Waals surface area (Å²) in [6.07, 6.45) is 2.68. The van der Waals surface area contributed by atoms with E-state index in [4.69, 9.17) is 0 Å². The molecule has 0 spiro atoms. The third kappa shape index (κ3) is 4.28. The lowest BCUT2D eigenvalue weighted by Gasteiger charge is -2.21. The number of amides is 1. The van der Waals surface area contributed by atoms with Crippen LogP contribution in [0, 0.1) is 6.92 Å². The third-order valence-electron chi connectivity index (χ3n) is 4.53. The number of hydrogen-bond acceptors (Lipinski definition) is 2. The minimum atomic E-state index is 0.235. The summed E-state index contributed by atoms with van der Waals surface area (Å²) < 4.78 is 2.20. The molecule has 2 heterocycles. The first kappa shape index (κ1) is 17.7. The van der Waals surface area contributed by atoms with Crippen molar-refractivity contribution >= 4 is 28.3 Å². The normalized spacial score (nSPS) is 11.1. The fraction of sp³-hybridized carbons (Fsp3) is 0.400. The molecular formula is C20H26N3OS+. The molecule has 2 aromatic heterocycles. The van der Waals surface area contributed by atoms with Crippen molar-refractivity contribution in [1.82, 2.24) is 9.88 Å². The topological polar surface area (TPSA) is 40.0 Å². The summed E-state index contributed by atoms with van der Waals surface area (Å²) in [4.78, 5) is 19.5. The van der Waals surface area contributed by atoms with E-state index in [0.717, 1.165) is 42.8 Å². The molecule has 3 rings (SSSR count). The molecule has 0 saturated heterocycles. The fourth-order valence-electron chi connectivity index (χ4n) is 3.14. The van der Waals surface area contributed by atoms with Crippen LogP contribution in [0.1, 0.15) is 36.9 Å². The highest BCUT2D eigenvalue weighted by molar-refractivity contribution is 7.09. The molecule has 25 heavy (non-hydrogen) atoms. The molecule has 0 unspecified atom stereocenters.